The third kappa shape index (κ3) is 6.95. The Morgan fingerprint density at radius 1 is 1.26 bits per heavy atom. The average molecular weight is 268 g/mol. The second kappa shape index (κ2) is 8.57. The number of hydrogen-bond donors (Lipinski definition) is 2. The van der Waals surface area contributed by atoms with E-state index in [4.69, 9.17) is 5.73 Å². The number of nitrogens with two attached hydrogens (primary N) is 1. The maximum atomic E-state index is 11.9. The van der Waals surface area contributed by atoms with Gasteiger partial charge in [0.15, 0.2) is 0 Å². The molecule has 0 aromatic heterocycles. The van der Waals surface area contributed by atoms with Crippen LogP contribution in [0.1, 0.15) is 72.1 Å². The van der Waals surface area contributed by atoms with Gasteiger partial charge >= 0.3 is 0 Å². The van der Waals surface area contributed by atoms with Crippen LogP contribution in [-0.4, -0.2) is 18.0 Å². The van der Waals surface area contributed by atoms with E-state index in [2.05, 4.69) is 26.1 Å². The molecule has 0 spiro atoms. The largest absolute Gasteiger partial charge is 0.354 e. The monoisotopic (exact) mass is 268 g/mol. The lowest BCUT2D eigenvalue weighted by Gasteiger charge is -2.26. The van der Waals surface area contributed by atoms with Crippen LogP contribution >= 0.6 is 0 Å². The molecule has 0 aromatic carbocycles. The van der Waals surface area contributed by atoms with E-state index in [0.717, 1.165) is 31.6 Å². The van der Waals surface area contributed by atoms with Gasteiger partial charge in [0.25, 0.3) is 0 Å². The lowest BCUT2D eigenvalue weighted by molar-refractivity contribution is -0.122. The predicted octanol–water partition coefficient (Wildman–Crippen LogP) is 3.23. The summed E-state index contributed by atoms with van der Waals surface area (Å²) < 4.78 is 0. The standard InChI is InChI=1S/C16H32N2O/c1-4-12(2)11-13(3)18-16(19)10-7-14-5-8-15(17)9-6-14/h12-15H,4-11,17H2,1-3H3,(H,18,19). The molecule has 3 N–H and O–H groups in total. The highest BCUT2D eigenvalue weighted by atomic mass is 16.1. The van der Waals surface area contributed by atoms with E-state index in [0.29, 0.717) is 24.4 Å². The summed E-state index contributed by atoms with van der Waals surface area (Å²) in [6, 6.07) is 0.711. The summed E-state index contributed by atoms with van der Waals surface area (Å²) in [4.78, 5) is 11.9. The number of rotatable bonds is 7. The molecule has 0 radical (unpaired) electrons. The lowest BCUT2D eigenvalue weighted by Crippen LogP contribution is -2.34. The normalized spacial score (nSPS) is 26.7. The van der Waals surface area contributed by atoms with Crippen LogP contribution in [-0.2, 0) is 4.79 Å². The van der Waals surface area contributed by atoms with E-state index in [1.54, 1.807) is 0 Å². The third-order valence-corrected chi connectivity index (χ3v) is 4.53. The van der Waals surface area contributed by atoms with Crippen LogP contribution < -0.4 is 11.1 Å². The molecule has 0 bridgehead atoms. The van der Waals surface area contributed by atoms with Gasteiger partial charge in [0.1, 0.15) is 0 Å². The molecule has 1 aliphatic rings. The molecule has 0 heterocycles. The van der Waals surface area contributed by atoms with Gasteiger partial charge in [-0.1, -0.05) is 20.3 Å². The van der Waals surface area contributed by atoms with Crippen molar-refractivity contribution in [3.63, 3.8) is 0 Å². The number of amides is 1. The molecular formula is C16H32N2O. The van der Waals surface area contributed by atoms with Gasteiger partial charge in [0.05, 0.1) is 0 Å². The fourth-order valence-corrected chi connectivity index (χ4v) is 2.99. The lowest BCUT2D eigenvalue weighted by atomic mass is 9.84. The third-order valence-electron chi connectivity index (χ3n) is 4.53. The first-order valence-electron chi connectivity index (χ1n) is 8.06. The van der Waals surface area contributed by atoms with E-state index in [1.165, 1.54) is 19.3 Å². The quantitative estimate of drug-likeness (QED) is 0.745. The second-order valence-corrected chi connectivity index (χ2v) is 6.54. The number of hydrogen-bond acceptors (Lipinski definition) is 2. The van der Waals surface area contributed by atoms with Gasteiger partial charge in [-0.3, -0.25) is 4.79 Å². The SMILES string of the molecule is CCC(C)CC(C)NC(=O)CCC1CCC(N)CC1. The van der Waals surface area contributed by atoms with Gasteiger partial charge < -0.3 is 11.1 Å². The molecule has 0 aliphatic heterocycles. The van der Waals surface area contributed by atoms with E-state index >= 15 is 0 Å². The minimum atomic E-state index is 0.227. The number of carbonyl (C=O) groups excluding carboxylic acids is 1. The van der Waals surface area contributed by atoms with E-state index in [1.807, 2.05) is 0 Å². The summed E-state index contributed by atoms with van der Waals surface area (Å²) in [7, 11) is 0. The van der Waals surface area contributed by atoms with Crippen LogP contribution in [0.4, 0.5) is 0 Å². The zero-order valence-corrected chi connectivity index (χ0v) is 13.0. The number of nitrogens with one attached hydrogen (secondary N) is 1. The average Bonchev–Trinajstić information content (AvgIpc) is 2.37. The van der Waals surface area contributed by atoms with Crippen molar-refractivity contribution < 1.29 is 4.79 Å². The highest BCUT2D eigenvalue weighted by molar-refractivity contribution is 5.76. The topological polar surface area (TPSA) is 55.1 Å². The maximum absolute atomic E-state index is 11.9. The first-order valence-corrected chi connectivity index (χ1v) is 8.06. The van der Waals surface area contributed by atoms with E-state index in [-0.39, 0.29) is 5.91 Å². The first kappa shape index (κ1) is 16.5. The Bertz CT molecular complexity index is 259. The molecule has 1 aliphatic carbocycles. The van der Waals surface area contributed by atoms with Gasteiger partial charge in [-0.25, -0.2) is 0 Å². The minimum absolute atomic E-state index is 0.227. The fourth-order valence-electron chi connectivity index (χ4n) is 2.99. The predicted molar refractivity (Wildman–Crippen MR) is 80.8 cm³/mol. The summed E-state index contributed by atoms with van der Waals surface area (Å²) in [6.45, 7) is 6.56. The van der Waals surface area contributed by atoms with Gasteiger partial charge in [0.2, 0.25) is 5.91 Å². The molecule has 19 heavy (non-hydrogen) atoms. The molecule has 2 atom stereocenters. The van der Waals surface area contributed by atoms with Crippen molar-refractivity contribution in [1.29, 1.82) is 0 Å². The van der Waals surface area contributed by atoms with Crippen LogP contribution in [0.15, 0.2) is 0 Å². The van der Waals surface area contributed by atoms with Crippen molar-refractivity contribution in [3.8, 4) is 0 Å². The van der Waals surface area contributed by atoms with Crippen molar-refractivity contribution in [2.75, 3.05) is 0 Å². The van der Waals surface area contributed by atoms with Gasteiger partial charge in [0, 0.05) is 18.5 Å². The highest BCUT2D eigenvalue weighted by Gasteiger charge is 2.19. The van der Waals surface area contributed by atoms with Gasteiger partial charge in [-0.15, -0.1) is 0 Å². The highest BCUT2D eigenvalue weighted by Crippen LogP contribution is 2.26. The Labute approximate surface area is 118 Å². The van der Waals surface area contributed by atoms with Gasteiger partial charge in [-0.2, -0.15) is 0 Å². The Morgan fingerprint density at radius 3 is 2.47 bits per heavy atom. The molecule has 0 aromatic rings. The van der Waals surface area contributed by atoms with Gasteiger partial charge in [-0.05, 0) is 57.3 Å². The van der Waals surface area contributed by atoms with Crippen molar-refractivity contribution in [1.82, 2.24) is 5.32 Å². The molecule has 3 heteroatoms. The molecule has 1 amide bonds. The van der Waals surface area contributed by atoms with Crippen LogP contribution in [0.25, 0.3) is 0 Å². The Balaban J connectivity index is 2.13. The summed E-state index contributed by atoms with van der Waals surface area (Å²) in [6.07, 6.45) is 8.67. The molecular weight excluding hydrogens is 236 g/mol. The molecule has 1 saturated carbocycles. The molecule has 1 rings (SSSR count). The van der Waals surface area contributed by atoms with Crippen molar-refractivity contribution in [2.45, 2.75) is 84.2 Å². The van der Waals surface area contributed by atoms with Crippen LogP contribution in [0.2, 0.25) is 0 Å². The molecule has 2 unspecified atom stereocenters. The van der Waals surface area contributed by atoms with Crippen molar-refractivity contribution in [2.24, 2.45) is 17.6 Å². The van der Waals surface area contributed by atoms with E-state index < -0.39 is 0 Å². The minimum Gasteiger partial charge on any atom is -0.354 e. The Hall–Kier alpha value is -0.570. The summed E-state index contributed by atoms with van der Waals surface area (Å²) >= 11 is 0. The molecule has 1 fully saturated rings. The smallest absolute Gasteiger partial charge is 0.220 e. The molecule has 112 valence electrons. The first-order chi connectivity index (χ1) is 9.01. The van der Waals surface area contributed by atoms with Crippen molar-refractivity contribution >= 4 is 5.91 Å². The Kier molecular flexibility index (Phi) is 7.44. The zero-order chi connectivity index (χ0) is 14.3. The summed E-state index contributed by atoms with van der Waals surface area (Å²) in [5.74, 6) is 1.64. The molecule has 0 saturated heterocycles. The summed E-state index contributed by atoms with van der Waals surface area (Å²) in [5.41, 5.74) is 5.90. The molecule has 3 nitrogen and oxygen atoms in total. The van der Waals surface area contributed by atoms with Crippen molar-refractivity contribution in [3.05, 3.63) is 0 Å². The van der Waals surface area contributed by atoms with Crippen LogP contribution in [0.5, 0.6) is 0 Å². The fraction of sp³-hybridized carbons (Fsp3) is 0.938. The zero-order valence-electron chi connectivity index (χ0n) is 13.0. The van der Waals surface area contributed by atoms with Crippen LogP contribution in [0.3, 0.4) is 0 Å². The summed E-state index contributed by atoms with van der Waals surface area (Å²) in [5, 5.41) is 3.13. The van der Waals surface area contributed by atoms with Crippen LogP contribution in [0, 0.1) is 11.8 Å². The van der Waals surface area contributed by atoms with E-state index in [9.17, 15) is 4.79 Å². The number of carbonyl (C=O) groups is 1. The Morgan fingerprint density at radius 2 is 1.89 bits per heavy atom. The second-order valence-electron chi connectivity index (χ2n) is 6.54. The maximum Gasteiger partial charge on any atom is 0.220 e.